The molecule has 0 heterocycles. The zero-order valence-corrected chi connectivity index (χ0v) is 14.8. The first-order chi connectivity index (χ1) is 11.9. The minimum atomic E-state index is -4.73. The standard InChI is InChI=1S/C17H23F3N3O3/c1-11(23-14(24)8-9-16(2,3)15(21)25)10-22-12-4-6-13(7-5-12)26-17(18,19)20/h4-8,11,22H,9-10H2,1-3H3,(H2,21,25)(H,23,24)/t11-/m0/s1. The number of benzene rings is 1. The Hall–Kier alpha value is -2.45. The molecule has 4 N–H and O–H groups in total. The van der Waals surface area contributed by atoms with Crippen molar-refractivity contribution in [3.05, 3.63) is 30.7 Å². The van der Waals surface area contributed by atoms with Crippen LogP contribution in [0, 0.1) is 11.8 Å². The van der Waals surface area contributed by atoms with Gasteiger partial charge in [0.2, 0.25) is 11.8 Å². The van der Waals surface area contributed by atoms with Crippen LogP contribution in [-0.2, 0) is 9.59 Å². The highest BCUT2D eigenvalue weighted by Crippen LogP contribution is 2.24. The number of carbonyl (C=O) groups excluding carboxylic acids is 2. The number of primary amides is 1. The van der Waals surface area contributed by atoms with E-state index >= 15 is 0 Å². The van der Waals surface area contributed by atoms with Crippen LogP contribution >= 0.6 is 0 Å². The van der Waals surface area contributed by atoms with Crippen LogP contribution < -0.4 is 21.1 Å². The molecule has 0 saturated carbocycles. The molecule has 0 aromatic heterocycles. The number of hydrogen-bond donors (Lipinski definition) is 3. The number of amides is 2. The molecule has 26 heavy (non-hydrogen) atoms. The van der Waals surface area contributed by atoms with Crippen LogP contribution in [0.15, 0.2) is 24.3 Å². The van der Waals surface area contributed by atoms with Crippen LogP contribution in [-0.4, -0.2) is 30.8 Å². The molecule has 0 saturated heterocycles. The van der Waals surface area contributed by atoms with Gasteiger partial charge in [0, 0.05) is 23.7 Å². The van der Waals surface area contributed by atoms with Crippen LogP contribution in [0.4, 0.5) is 18.9 Å². The topological polar surface area (TPSA) is 93.4 Å². The van der Waals surface area contributed by atoms with Crippen molar-refractivity contribution in [3.63, 3.8) is 0 Å². The van der Waals surface area contributed by atoms with Gasteiger partial charge in [-0.1, -0.05) is 13.8 Å². The van der Waals surface area contributed by atoms with Gasteiger partial charge in [0.15, 0.2) is 0 Å². The summed E-state index contributed by atoms with van der Waals surface area (Å²) >= 11 is 0. The Kier molecular flexibility index (Phi) is 7.29. The molecule has 0 unspecified atom stereocenters. The van der Waals surface area contributed by atoms with Gasteiger partial charge in [0.05, 0.1) is 6.42 Å². The highest BCUT2D eigenvalue weighted by Gasteiger charge is 2.31. The average molecular weight is 374 g/mol. The molecule has 1 radical (unpaired) electrons. The molecule has 0 bridgehead atoms. The molecule has 1 aromatic carbocycles. The van der Waals surface area contributed by atoms with Gasteiger partial charge in [-0.2, -0.15) is 0 Å². The van der Waals surface area contributed by atoms with Crippen LogP contribution in [0.5, 0.6) is 5.75 Å². The van der Waals surface area contributed by atoms with Crippen molar-refractivity contribution < 1.29 is 27.5 Å². The fourth-order valence-electron chi connectivity index (χ4n) is 1.85. The van der Waals surface area contributed by atoms with Crippen molar-refractivity contribution in [3.8, 4) is 5.75 Å². The fourth-order valence-corrected chi connectivity index (χ4v) is 1.85. The van der Waals surface area contributed by atoms with E-state index in [4.69, 9.17) is 5.73 Å². The second-order valence-electron chi connectivity index (χ2n) is 6.52. The van der Waals surface area contributed by atoms with E-state index in [0.717, 1.165) is 0 Å². The molecule has 6 nitrogen and oxygen atoms in total. The molecule has 0 spiro atoms. The van der Waals surface area contributed by atoms with Gasteiger partial charge in [-0.25, -0.2) is 0 Å². The minimum absolute atomic E-state index is 0.217. The number of halogens is 3. The van der Waals surface area contributed by atoms with Crippen LogP contribution in [0.2, 0.25) is 0 Å². The van der Waals surface area contributed by atoms with Gasteiger partial charge >= 0.3 is 6.36 Å². The Morgan fingerprint density at radius 3 is 2.31 bits per heavy atom. The lowest BCUT2D eigenvalue weighted by Crippen LogP contribution is -2.39. The average Bonchev–Trinajstić information content (AvgIpc) is 2.51. The summed E-state index contributed by atoms with van der Waals surface area (Å²) in [6.07, 6.45) is -3.15. The molecule has 9 heteroatoms. The van der Waals surface area contributed by atoms with E-state index in [0.29, 0.717) is 12.2 Å². The Morgan fingerprint density at radius 2 is 1.81 bits per heavy atom. The summed E-state index contributed by atoms with van der Waals surface area (Å²) in [7, 11) is 0. The Bertz CT molecular complexity index is 616. The highest BCUT2D eigenvalue weighted by molar-refractivity contribution is 5.87. The lowest BCUT2D eigenvalue weighted by molar-refractivity contribution is -0.274. The summed E-state index contributed by atoms with van der Waals surface area (Å²) in [5.41, 5.74) is 5.02. The normalized spacial score (nSPS) is 13.0. The molecule has 145 valence electrons. The zero-order chi connectivity index (χ0) is 20.0. The van der Waals surface area contributed by atoms with Gasteiger partial charge < -0.3 is 21.1 Å². The Labute approximate surface area is 150 Å². The maximum Gasteiger partial charge on any atom is 0.573 e. The first-order valence-corrected chi connectivity index (χ1v) is 7.92. The van der Waals surface area contributed by atoms with E-state index in [1.165, 1.54) is 30.7 Å². The SMILES string of the molecule is C[C@@H](CNc1ccc(OC(F)(F)F)cc1)NC(=O)[CH]CC(C)(C)C(N)=O. The number of alkyl halides is 3. The highest BCUT2D eigenvalue weighted by atomic mass is 19.4. The smallest absolute Gasteiger partial charge is 0.406 e. The van der Waals surface area contributed by atoms with E-state index in [1.807, 2.05) is 0 Å². The monoisotopic (exact) mass is 374 g/mol. The predicted molar refractivity (Wildman–Crippen MR) is 91.1 cm³/mol. The molecule has 1 rings (SSSR count). The zero-order valence-electron chi connectivity index (χ0n) is 14.8. The molecular weight excluding hydrogens is 351 g/mol. The van der Waals surface area contributed by atoms with E-state index in [-0.39, 0.29) is 24.1 Å². The van der Waals surface area contributed by atoms with Crippen molar-refractivity contribution in [2.75, 3.05) is 11.9 Å². The van der Waals surface area contributed by atoms with E-state index < -0.39 is 17.7 Å². The van der Waals surface area contributed by atoms with E-state index in [9.17, 15) is 22.8 Å². The van der Waals surface area contributed by atoms with Gasteiger partial charge in [0.25, 0.3) is 0 Å². The molecule has 0 aliphatic heterocycles. The minimum Gasteiger partial charge on any atom is -0.406 e. The van der Waals surface area contributed by atoms with Gasteiger partial charge in [0.1, 0.15) is 5.75 Å². The van der Waals surface area contributed by atoms with Crippen LogP contribution in [0.25, 0.3) is 0 Å². The Morgan fingerprint density at radius 1 is 1.23 bits per heavy atom. The number of anilines is 1. The van der Waals surface area contributed by atoms with Crippen LogP contribution in [0.1, 0.15) is 27.2 Å². The van der Waals surface area contributed by atoms with E-state index in [2.05, 4.69) is 15.4 Å². The summed E-state index contributed by atoms with van der Waals surface area (Å²) < 4.78 is 40.1. The van der Waals surface area contributed by atoms with Crippen molar-refractivity contribution in [2.24, 2.45) is 11.1 Å². The molecule has 1 atom stereocenters. The third-order valence-corrected chi connectivity index (χ3v) is 3.55. The van der Waals surface area contributed by atoms with Crippen LogP contribution in [0.3, 0.4) is 0 Å². The molecule has 2 amide bonds. The third-order valence-electron chi connectivity index (χ3n) is 3.55. The number of nitrogens with two attached hydrogens (primary N) is 1. The first kappa shape index (κ1) is 21.6. The maximum absolute atomic E-state index is 12.1. The lowest BCUT2D eigenvalue weighted by atomic mass is 9.87. The summed E-state index contributed by atoms with van der Waals surface area (Å²) in [5, 5.41) is 5.71. The summed E-state index contributed by atoms with van der Waals surface area (Å²) in [5.74, 6) is -1.13. The van der Waals surface area contributed by atoms with Crippen molar-refractivity contribution >= 4 is 17.5 Å². The largest absolute Gasteiger partial charge is 0.573 e. The second-order valence-corrected chi connectivity index (χ2v) is 6.52. The molecule has 0 aliphatic carbocycles. The number of hydrogen-bond acceptors (Lipinski definition) is 4. The van der Waals surface area contributed by atoms with Gasteiger partial charge in [-0.15, -0.1) is 13.2 Å². The third kappa shape index (κ3) is 8.09. The lowest BCUT2D eigenvalue weighted by Gasteiger charge is -2.20. The molecular formula is C17H23F3N3O3. The quantitative estimate of drug-likeness (QED) is 0.619. The van der Waals surface area contributed by atoms with Gasteiger partial charge in [-0.05, 0) is 37.6 Å². The van der Waals surface area contributed by atoms with Gasteiger partial charge in [-0.3, -0.25) is 9.59 Å². The molecule has 1 aromatic rings. The maximum atomic E-state index is 12.1. The van der Waals surface area contributed by atoms with Crippen molar-refractivity contribution in [2.45, 2.75) is 39.6 Å². The summed E-state index contributed by atoms with van der Waals surface area (Å²) in [6, 6.07) is 5.02. The fraction of sp³-hybridized carbons (Fsp3) is 0.471. The number of rotatable bonds is 9. The van der Waals surface area contributed by atoms with Crippen molar-refractivity contribution in [1.82, 2.24) is 5.32 Å². The number of carbonyl (C=O) groups is 2. The summed E-state index contributed by atoms with van der Waals surface area (Å²) in [4.78, 5) is 23.0. The second kappa shape index (κ2) is 8.77. The Balaban J connectivity index is 2.38. The first-order valence-electron chi connectivity index (χ1n) is 7.92. The number of ether oxygens (including phenoxy) is 1. The van der Waals surface area contributed by atoms with E-state index in [1.54, 1.807) is 20.8 Å². The molecule has 0 fully saturated rings. The molecule has 0 aliphatic rings. The number of nitrogens with one attached hydrogen (secondary N) is 2. The summed E-state index contributed by atoms with van der Waals surface area (Å²) in [6.45, 7) is 5.42. The predicted octanol–water partition coefficient (Wildman–Crippen LogP) is 2.61. The van der Waals surface area contributed by atoms with Crippen molar-refractivity contribution in [1.29, 1.82) is 0 Å².